The highest BCUT2D eigenvalue weighted by Crippen LogP contribution is 2.58. The van der Waals surface area contributed by atoms with Crippen LogP contribution in [-0.2, 0) is 19.9 Å². The Bertz CT molecular complexity index is 536. The van der Waals surface area contributed by atoms with Crippen LogP contribution in [0.5, 0.6) is 0 Å². The van der Waals surface area contributed by atoms with Crippen molar-refractivity contribution in [2.24, 2.45) is 5.92 Å². The Balaban J connectivity index is 2.40. The molecule has 0 bridgehead atoms. The normalized spacial score (nSPS) is 27.6. The van der Waals surface area contributed by atoms with E-state index >= 15 is 0 Å². The lowest BCUT2D eigenvalue weighted by molar-refractivity contribution is -0.332. The summed E-state index contributed by atoms with van der Waals surface area (Å²) in [6.07, 6.45) is -3.64. The van der Waals surface area contributed by atoms with Crippen LogP contribution in [0.2, 0.25) is 0 Å². The topological polar surface area (TPSA) is 35.5 Å². The van der Waals surface area contributed by atoms with Crippen LogP contribution >= 0.6 is 0 Å². The lowest BCUT2D eigenvalue weighted by atomic mass is 9.75. The van der Waals surface area contributed by atoms with Crippen LogP contribution in [0.4, 0.5) is 13.2 Å². The summed E-state index contributed by atoms with van der Waals surface area (Å²) in [5.41, 5.74) is -2.39. The van der Waals surface area contributed by atoms with Crippen LogP contribution in [0, 0.1) is 5.92 Å². The number of ether oxygens (including phenoxy) is 2. The quantitative estimate of drug-likeness (QED) is 0.619. The van der Waals surface area contributed by atoms with Crippen molar-refractivity contribution in [3.05, 3.63) is 47.7 Å². The zero-order valence-corrected chi connectivity index (χ0v) is 10.9. The Hall–Kier alpha value is -1.98. The second kappa shape index (κ2) is 4.85. The molecule has 0 amide bonds. The van der Waals surface area contributed by atoms with Gasteiger partial charge in [-0.2, -0.15) is 13.2 Å². The molecule has 1 aromatic carbocycles. The first-order valence-electron chi connectivity index (χ1n) is 5.93. The average molecular weight is 286 g/mol. The van der Waals surface area contributed by atoms with Crippen molar-refractivity contribution in [1.82, 2.24) is 0 Å². The maximum absolute atomic E-state index is 13.4. The van der Waals surface area contributed by atoms with E-state index in [1.807, 2.05) is 0 Å². The van der Waals surface area contributed by atoms with Gasteiger partial charge in [0.05, 0.1) is 19.1 Å². The first kappa shape index (κ1) is 14.4. The number of methoxy groups -OCH3 is 1. The van der Waals surface area contributed by atoms with E-state index in [0.717, 1.165) is 13.2 Å². The number of esters is 1. The fraction of sp³-hybridized carbons (Fsp3) is 0.357. The molecule has 0 aliphatic carbocycles. The highest BCUT2D eigenvalue weighted by atomic mass is 19.4. The van der Waals surface area contributed by atoms with Crippen LogP contribution < -0.4 is 0 Å². The molecule has 3 nitrogen and oxygen atoms in total. The molecule has 1 aliphatic heterocycles. The Labute approximate surface area is 114 Å². The minimum absolute atomic E-state index is 0.0158. The van der Waals surface area contributed by atoms with E-state index in [4.69, 9.17) is 4.74 Å². The SMILES string of the molecule is COC(=O)C=C1O[C@@](c2ccccc2)(C(F)(F)F)[C@@H]1C. The Morgan fingerprint density at radius 2 is 1.95 bits per heavy atom. The predicted molar refractivity (Wildman–Crippen MR) is 64.5 cm³/mol. The number of hydrogen-bond acceptors (Lipinski definition) is 3. The number of hydrogen-bond donors (Lipinski definition) is 0. The van der Waals surface area contributed by atoms with Crippen LogP contribution in [-0.4, -0.2) is 19.3 Å². The number of halogens is 3. The fourth-order valence-corrected chi connectivity index (χ4v) is 2.30. The Morgan fingerprint density at radius 3 is 2.40 bits per heavy atom. The highest BCUT2D eigenvalue weighted by molar-refractivity contribution is 5.82. The monoisotopic (exact) mass is 286 g/mol. The van der Waals surface area contributed by atoms with Gasteiger partial charge in [0.2, 0.25) is 5.60 Å². The van der Waals surface area contributed by atoms with Crippen LogP contribution in [0.15, 0.2) is 42.2 Å². The van der Waals surface area contributed by atoms with Gasteiger partial charge in [-0.25, -0.2) is 4.79 Å². The third-order valence-corrected chi connectivity index (χ3v) is 3.40. The van der Waals surface area contributed by atoms with Crippen molar-refractivity contribution < 1.29 is 27.4 Å². The van der Waals surface area contributed by atoms with Gasteiger partial charge in [0, 0.05) is 5.56 Å². The van der Waals surface area contributed by atoms with Crippen molar-refractivity contribution >= 4 is 5.97 Å². The summed E-state index contributed by atoms with van der Waals surface area (Å²) in [5, 5.41) is 0. The molecule has 1 aromatic rings. The van der Waals surface area contributed by atoms with E-state index < -0.39 is 23.7 Å². The summed E-state index contributed by atoms with van der Waals surface area (Å²) < 4.78 is 49.6. The zero-order chi connectivity index (χ0) is 15.0. The van der Waals surface area contributed by atoms with Crippen LogP contribution in [0.25, 0.3) is 0 Å². The van der Waals surface area contributed by atoms with Crippen molar-refractivity contribution in [2.45, 2.75) is 18.7 Å². The third-order valence-electron chi connectivity index (χ3n) is 3.40. The van der Waals surface area contributed by atoms with Crippen LogP contribution in [0.1, 0.15) is 12.5 Å². The number of rotatable bonds is 2. The summed E-state index contributed by atoms with van der Waals surface area (Å²) in [5.74, 6) is -1.77. The lowest BCUT2D eigenvalue weighted by Crippen LogP contribution is -2.58. The molecule has 108 valence electrons. The van der Waals surface area contributed by atoms with E-state index in [0.29, 0.717) is 0 Å². The summed E-state index contributed by atoms with van der Waals surface area (Å²) in [6, 6.07) is 7.38. The summed E-state index contributed by atoms with van der Waals surface area (Å²) in [4.78, 5) is 11.1. The zero-order valence-electron chi connectivity index (χ0n) is 10.9. The second-order valence-electron chi connectivity index (χ2n) is 4.49. The highest BCUT2D eigenvalue weighted by Gasteiger charge is 2.69. The van der Waals surface area contributed by atoms with E-state index in [-0.39, 0.29) is 11.3 Å². The van der Waals surface area contributed by atoms with Gasteiger partial charge in [-0.3, -0.25) is 0 Å². The molecule has 6 heteroatoms. The molecular weight excluding hydrogens is 273 g/mol. The minimum Gasteiger partial charge on any atom is -0.476 e. The molecule has 1 saturated heterocycles. The maximum atomic E-state index is 13.4. The molecule has 2 rings (SSSR count). The largest absolute Gasteiger partial charge is 0.476 e. The summed E-state index contributed by atoms with van der Waals surface area (Å²) >= 11 is 0. The van der Waals surface area contributed by atoms with Gasteiger partial charge >= 0.3 is 12.1 Å². The van der Waals surface area contributed by atoms with Gasteiger partial charge in [0.25, 0.3) is 0 Å². The summed E-state index contributed by atoms with van der Waals surface area (Å²) in [7, 11) is 1.15. The van der Waals surface area contributed by atoms with Crippen molar-refractivity contribution in [2.75, 3.05) is 7.11 Å². The van der Waals surface area contributed by atoms with E-state index in [1.54, 1.807) is 6.07 Å². The molecule has 0 spiro atoms. The lowest BCUT2D eigenvalue weighted by Gasteiger charge is -2.50. The number of carbonyl (C=O) groups excluding carboxylic acids is 1. The van der Waals surface area contributed by atoms with Crippen molar-refractivity contribution in [3.8, 4) is 0 Å². The van der Waals surface area contributed by atoms with Gasteiger partial charge < -0.3 is 9.47 Å². The molecule has 0 saturated carbocycles. The molecule has 1 fully saturated rings. The molecular formula is C14H13F3O3. The molecule has 2 atom stereocenters. The van der Waals surface area contributed by atoms with E-state index in [9.17, 15) is 18.0 Å². The molecule has 0 N–H and O–H groups in total. The molecule has 0 aromatic heterocycles. The van der Waals surface area contributed by atoms with Gasteiger partial charge in [-0.05, 0) is 0 Å². The molecule has 0 radical (unpaired) electrons. The van der Waals surface area contributed by atoms with Gasteiger partial charge in [0.15, 0.2) is 0 Å². The van der Waals surface area contributed by atoms with Gasteiger partial charge in [-0.1, -0.05) is 37.3 Å². The molecule has 20 heavy (non-hydrogen) atoms. The Kier molecular flexibility index (Phi) is 3.50. The van der Waals surface area contributed by atoms with E-state index in [1.165, 1.54) is 31.2 Å². The Morgan fingerprint density at radius 1 is 1.35 bits per heavy atom. The average Bonchev–Trinajstić information content (AvgIpc) is 2.41. The molecule has 1 heterocycles. The maximum Gasteiger partial charge on any atom is 0.433 e. The smallest absolute Gasteiger partial charge is 0.433 e. The first-order valence-corrected chi connectivity index (χ1v) is 5.93. The first-order chi connectivity index (χ1) is 9.33. The summed E-state index contributed by atoms with van der Waals surface area (Å²) in [6.45, 7) is 1.37. The minimum atomic E-state index is -4.58. The molecule has 1 aliphatic rings. The van der Waals surface area contributed by atoms with Crippen molar-refractivity contribution in [3.63, 3.8) is 0 Å². The number of carbonyl (C=O) groups is 1. The number of alkyl halides is 3. The molecule has 0 unspecified atom stereocenters. The standard InChI is InChI=1S/C14H13F3O3/c1-9-11(8-12(18)19-2)20-13(9,14(15,16)17)10-6-4-3-5-7-10/h3-9H,1-2H3/t9-,13+/m1/s1. The second-order valence-corrected chi connectivity index (χ2v) is 4.49. The van der Waals surface area contributed by atoms with Gasteiger partial charge in [0.1, 0.15) is 5.76 Å². The third kappa shape index (κ3) is 2.05. The number of benzene rings is 1. The predicted octanol–water partition coefficient (Wildman–Crippen LogP) is 3.17. The van der Waals surface area contributed by atoms with E-state index in [2.05, 4.69) is 4.74 Å². The van der Waals surface area contributed by atoms with Gasteiger partial charge in [-0.15, -0.1) is 0 Å². The van der Waals surface area contributed by atoms with Crippen LogP contribution in [0.3, 0.4) is 0 Å². The van der Waals surface area contributed by atoms with Crippen molar-refractivity contribution in [1.29, 1.82) is 0 Å². The fourth-order valence-electron chi connectivity index (χ4n) is 2.30.